The second-order valence-electron chi connectivity index (χ2n) is 6.36. The molecule has 1 atom stereocenters. The Morgan fingerprint density at radius 1 is 1.23 bits per heavy atom. The van der Waals surface area contributed by atoms with Gasteiger partial charge in [-0.1, -0.05) is 23.4 Å². The summed E-state index contributed by atoms with van der Waals surface area (Å²) in [6.07, 6.45) is 2.17. The summed E-state index contributed by atoms with van der Waals surface area (Å²) in [5, 5.41) is 18.3. The summed E-state index contributed by atoms with van der Waals surface area (Å²) >= 11 is 0. The quantitative estimate of drug-likeness (QED) is 0.770. The van der Waals surface area contributed by atoms with Gasteiger partial charge in [0, 0.05) is 24.7 Å². The van der Waals surface area contributed by atoms with E-state index in [1.54, 1.807) is 17.8 Å². The Kier molecular flexibility index (Phi) is 3.87. The minimum Gasteiger partial charge on any atom is -0.481 e. The van der Waals surface area contributed by atoms with Crippen LogP contribution in [0, 0.1) is 12.8 Å². The Morgan fingerprint density at radius 2 is 2.04 bits per heavy atom. The van der Waals surface area contributed by atoms with Crippen LogP contribution >= 0.6 is 0 Å². The summed E-state index contributed by atoms with van der Waals surface area (Å²) in [5.41, 5.74) is 2.36. The molecule has 0 aliphatic carbocycles. The van der Waals surface area contributed by atoms with E-state index >= 15 is 0 Å². The average Bonchev–Trinajstić information content (AvgIpc) is 3.28. The number of carboxylic acid groups (broad SMARTS) is 1. The predicted octanol–water partition coefficient (Wildman–Crippen LogP) is 1.67. The summed E-state index contributed by atoms with van der Waals surface area (Å²) in [7, 11) is 0. The molecule has 4 rings (SSSR count). The number of hydrogen-bond acceptors (Lipinski definition) is 5. The number of nitrogens with zero attached hydrogens (tertiary/aromatic N) is 5. The first-order valence-corrected chi connectivity index (χ1v) is 8.35. The third-order valence-electron chi connectivity index (χ3n) is 4.76. The van der Waals surface area contributed by atoms with Crippen LogP contribution in [0.15, 0.2) is 36.5 Å². The molecule has 1 N–H and O–H groups in total. The van der Waals surface area contributed by atoms with Gasteiger partial charge >= 0.3 is 5.97 Å². The zero-order valence-corrected chi connectivity index (χ0v) is 14.2. The molecule has 0 bridgehead atoms. The molecule has 0 unspecified atom stereocenters. The van der Waals surface area contributed by atoms with E-state index in [4.69, 9.17) is 5.11 Å². The van der Waals surface area contributed by atoms with E-state index in [0.29, 0.717) is 18.7 Å². The number of carbonyl (C=O) groups excluding carboxylic acids is 1. The summed E-state index contributed by atoms with van der Waals surface area (Å²) in [6, 6.07) is 9.56. The number of aliphatic carboxylic acids is 1. The normalized spacial score (nSPS) is 17.0. The second kappa shape index (κ2) is 6.21. The van der Waals surface area contributed by atoms with Crippen molar-refractivity contribution in [3.63, 3.8) is 0 Å². The standard InChI is InChI=1S/C18H17N5O3/c1-11-15(17(24)22-9-7-13(10-22)18(25)26)20-21-23(11)14-6-2-4-12-5-3-8-19-16(12)14/h2-6,8,13H,7,9-10H2,1H3,(H,25,26)/t13-/m0/s1. The van der Waals surface area contributed by atoms with Gasteiger partial charge in [-0.2, -0.15) is 0 Å². The number of hydrogen-bond donors (Lipinski definition) is 1. The first-order valence-electron chi connectivity index (χ1n) is 8.35. The number of para-hydroxylation sites is 1. The fourth-order valence-electron chi connectivity index (χ4n) is 3.31. The summed E-state index contributed by atoms with van der Waals surface area (Å²) < 4.78 is 1.60. The van der Waals surface area contributed by atoms with Crippen LogP contribution in [-0.2, 0) is 4.79 Å². The topological polar surface area (TPSA) is 101 Å². The molecule has 0 radical (unpaired) electrons. The molecule has 8 heteroatoms. The molecule has 2 aromatic heterocycles. The van der Waals surface area contributed by atoms with E-state index in [1.165, 1.54) is 4.90 Å². The van der Waals surface area contributed by atoms with Crippen LogP contribution in [0.1, 0.15) is 22.6 Å². The van der Waals surface area contributed by atoms with Gasteiger partial charge in [-0.25, -0.2) is 4.68 Å². The van der Waals surface area contributed by atoms with Crippen LogP contribution in [-0.4, -0.2) is 55.0 Å². The Morgan fingerprint density at radius 3 is 2.81 bits per heavy atom. The predicted molar refractivity (Wildman–Crippen MR) is 93.0 cm³/mol. The minimum atomic E-state index is -0.873. The van der Waals surface area contributed by atoms with Crippen molar-refractivity contribution in [2.75, 3.05) is 13.1 Å². The number of pyridine rings is 1. The van der Waals surface area contributed by atoms with Crippen LogP contribution in [0.2, 0.25) is 0 Å². The van der Waals surface area contributed by atoms with E-state index < -0.39 is 11.9 Å². The maximum atomic E-state index is 12.7. The number of likely N-dealkylation sites (tertiary alicyclic amines) is 1. The van der Waals surface area contributed by atoms with Crippen LogP contribution in [0.3, 0.4) is 0 Å². The molecule has 1 aliphatic rings. The first kappa shape index (κ1) is 16.2. The summed E-state index contributed by atoms with van der Waals surface area (Å²) in [5.74, 6) is -1.68. The molecule has 1 amide bonds. The van der Waals surface area contributed by atoms with Gasteiger partial charge in [0.1, 0.15) is 0 Å². The van der Waals surface area contributed by atoms with Gasteiger partial charge in [-0.05, 0) is 25.5 Å². The van der Waals surface area contributed by atoms with Crippen LogP contribution < -0.4 is 0 Å². The number of fused-ring (bicyclic) bond motifs is 1. The molecule has 3 aromatic rings. The monoisotopic (exact) mass is 351 g/mol. The largest absolute Gasteiger partial charge is 0.481 e. The van der Waals surface area contributed by atoms with Gasteiger partial charge < -0.3 is 10.0 Å². The van der Waals surface area contributed by atoms with Gasteiger partial charge in [-0.15, -0.1) is 5.10 Å². The molecule has 132 valence electrons. The Labute approximate surface area is 149 Å². The lowest BCUT2D eigenvalue weighted by Gasteiger charge is -2.14. The zero-order valence-electron chi connectivity index (χ0n) is 14.2. The number of aromatic nitrogens is 4. The Bertz CT molecular complexity index is 1010. The number of carbonyl (C=O) groups is 2. The molecular formula is C18H17N5O3. The third kappa shape index (κ3) is 2.59. The van der Waals surface area contributed by atoms with Crippen LogP contribution in [0.25, 0.3) is 16.6 Å². The van der Waals surface area contributed by atoms with Gasteiger partial charge in [0.25, 0.3) is 5.91 Å². The van der Waals surface area contributed by atoms with E-state index in [0.717, 1.165) is 16.6 Å². The molecule has 1 aromatic carbocycles. The number of benzene rings is 1. The van der Waals surface area contributed by atoms with Gasteiger partial charge in [0.2, 0.25) is 0 Å². The maximum absolute atomic E-state index is 12.7. The van der Waals surface area contributed by atoms with Gasteiger partial charge in [0.15, 0.2) is 5.69 Å². The molecule has 0 spiro atoms. The van der Waals surface area contributed by atoms with Gasteiger partial charge in [-0.3, -0.25) is 14.6 Å². The van der Waals surface area contributed by atoms with E-state index in [9.17, 15) is 9.59 Å². The van der Waals surface area contributed by atoms with Crippen molar-refractivity contribution in [2.24, 2.45) is 5.92 Å². The highest BCUT2D eigenvalue weighted by Gasteiger charge is 2.33. The molecular weight excluding hydrogens is 334 g/mol. The van der Waals surface area contributed by atoms with E-state index in [-0.39, 0.29) is 18.1 Å². The Balaban J connectivity index is 1.69. The fourth-order valence-corrected chi connectivity index (χ4v) is 3.31. The molecule has 1 aliphatic heterocycles. The highest BCUT2D eigenvalue weighted by molar-refractivity contribution is 5.94. The van der Waals surface area contributed by atoms with E-state index in [2.05, 4.69) is 15.3 Å². The molecule has 1 fully saturated rings. The molecule has 8 nitrogen and oxygen atoms in total. The average molecular weight is 351 g/mol. The zero-order chi connectivity index (χ0) is 18.3. The van der Waals surface area contributed by atoms with Crippen molar-refractivity contribution in [3.05, 3.63) is 47.9 Å². The summed E-state index contributed by atoms with van der Waals surface area (Å²) in [4.78, 5) is 29.8. The fraction of sp³-hybridized carbons (Fsp3) is 0.278. The third-order valence-corrected chi connectivity index (χ3v) is 4.76. The van der Waals surface area contributed by atoms with Crippen LogP contribution in [0.5, 0.6) is 0 Å². The molecule has 3 heterocycles. The highest BCUT2D eigenvalue weighted by Crippen LogP contribution is 2.23. The van der Waals surface area contributed by atoms with Crippen molar-refractivity contribution < 1.29 is 14.7 Å². The van der Waals surface area contributed by atoms with Crippen molar-refractivity contribution in [3.8, 4) is 5.69 Å². The highest BCUT2D eigenvalue weighted by atomic mass is 16.4. The van der Waals surface area contributed by atoms with Crippen molar-refractivity contribution >= 4 is 22.8 Å². The van der Waals surface area contributed by atoms with E-state index in [1.807, 2.05) is 30.3 Å². The lowest BCUT2D eigenvalue weighted by molar-refractivity contribution is -0.141. The van der Waals surface area contributed by atoms with Crippen LogP contribution in [0.4, 0.5) is 0 Å². The molecule has 1 saturated heterocycles. The maximum Gasteiger partial charge on any atom is 0.308 e. The van der Waals surface area contributed by atoms with Crippen molar-refractivity contribution in [1.82, 2.24) is 24.9 Å². The summed E-state index contributed by atoms with van der Waals surface area (Å²) in [6.45, 7) is 2.40. The number of amides is 1. The number of carboxylic acids is 1. The first-order chi connectivity index (χ1) is 12.6. The second-order valence-corrected chi connectivity index (χ2v) is 6.36. The van der Waals surface area contributed by atoms with Gasteiger partial charge in [0.05, 0.1) is 22.8 Å². The smallest absolute Gasteiger partial charge is 0.308 e. The van der Waals surface area contributed by atoms with Crippen molar-refractivity contribution in [1.29, 1.82) is 0 Å². The lowest BCUT2D eigenvalue weighted by atomic mass is 10.1. The minimum absolute atomic E-state index is 0.205. The lowest BCUT2D eigenvalue weighted by Crippen LogP contribution is -2.30. The molecule has 0 saturated carbocycles. The molecule has 26 heavy (non-hydrogen) atoms. The van der Waals surface area contributed by atoms with Crippen molar-refractivity contribution in [2.45, 2.75) is 13.3 Å². The SMILES string of the molecule is Cc1c(C(=O)N2CC[C@H](C(=O)O)C2)nnn1-c1cccc2cccnc12. The Hall–Kier alpha value is -3.29. The number of rotatable bonds is 3.